The fourth-order valence-corrected chi connectivity index (χ4v) is 5.42. The van der Waals surface area contributed by atoms with Gasteiger partial charge in [-0.3, -0.25) is 9.80 Å². The molecule has 2 aliphatic heterocycles. The van der Waals surface area contributed by atoms with Crippen molar-refractivity contribution >= 4 is 40.4 Å². The molecule has 0 radical (unpaired) electrons. The summed E-state index contributed by atoms with van der Waals surface area (Å²) >= 11 is 12.5. The number of nitrogens with zero attached hydrogens (tertiary/aromatic N) is 4. The van der Waals surface area contributed by atoms with Crippen LogP contribution >= 0.6 is 23.2 Å². The molecule has 0 bridgehead atoms. The zero-order valence-electron chi connectivity index (χ0n) is 18.1. The third kappa shape index (κ3) is 5.20. The molecule has 0 spiro atoms. The van der Waals surface area contributed by atoms with Gasteiger partial charge < -0.3 is 16.4 Å². The molecule has 1 aromatic heterocycles. The number of anilines is 3. The van der Waals surface area contributed by atoms with Crippen molar-refractivity contribution in [2.75, 3.05) is 49.1 Å². The zero-order valence-corrected chi connectivity index (χ0v) is 19.6. The number of benzene rings is 1. The Morgan fingerprint density at radius 1 is 1.06 bits per heavy atom. The molecule has 0 amide bonds. The van der Waals surface area contributed by atoms with Crippen molar-refractivity contribution in [2.45, 2.75) is 44.8 Å². The van der Waals surface area contributed by atoms with Crippen molar-refractivity contribution in [3.8, 4) is 0 Å². The van der Waals surface area contributed by atoms with Gasteiger partial charge in [-0.25, -0.2) is 4.98 Å². The van der Waals surface area contributed by atoms with Crippen molar-refractivity contribution < 1.29 is 0 Å². The van der Waals surface area contributed by atoms with Crippen molar-refractivity contribution in [3.05, 3.63) is 46.1 Å². The number of hydrogen-bond acceptors (Lipinski definition) is 6. The lowest BCUT2D eigenvalue weighted by Gasteiger charge is -2.47. The van der Waals surface area contributed by atoms with Crippen molar-refractivity contribution in [1.82, 2.24) is 14.8 Å². The van der Waals surface area contributed by atoms with Crippen LogP contribution in [0.3, 0.4) is 0 Å². The van der Waals surface area contributed by atoms with Crippen LogP contribution in [-0.2, 0) is 6.54 Å². The van der Waals surface area contributed by atoms with Gasteiger partial charge in [-0.15, -0.1) is 0 Å². The number of aromatic nitrogens is 1. The molecule has 8 heteroatoms. The Morgan fingerprint density at radius 2 is 1.84 bits per heavy atom. The number of nitrogen functional groups attached to an aromatic ring is 2. The first-order chi connectivity index (χ1) is 14.9. The Labute approximate surface area is 195 Å². The van der Waals surface area contributed by atoms with Crippen molar-refractivity contribution in [1.29, 1.82) is 0 Å². The standard InChI is InChI=1S/C23H32Cl2N6/c1-2-19-15-30(23-21(25)12-18(26)13-28-23)9-10-31(19)20-5-7-29(8-6-20)14-16-3-4-17(24)11-22(16)27/h3-4,11-13,19-20H,2,5-10,14-15,26-27H2,1H3. The Morgan fingerprint density at radius 3 is 2.52 bits per heavy atom. The van der Waals surface area contributed by atoms with Crippen LogP contribution in [0.2, 0.25) is 10.0 Å². The van der Waals surface area contributed by atoms with Gasteiger partial charge in [0.2, 0.25) is 0 Å². The first kappa shape index (κ1) is 22.5. The molecule has 4 rings (SSSR count). The second kappa shape index (κ2) is 9.82. The summed E-state index contributed by atoms with van der Waals surface area (Å²) in [6, 6.07) is 8.74. The molecule has 4 N–H and O–H groups in total. The number of piperazine rings is 1. The number of nitrogens with two attached hydrogens (primary N) is 2. The third-order valence-corrected chi connectivity index (χ3v) is 7.18. The summed E-state index contributed by atoms with van der Waals surface area (Å²) in [4.78, 5) is 12.0. The van der Waals surface area contributed by atoms with Crippen LogP contribution in [-0.4, -0.2) is 59.6 Å². The molecule has 1 unspecified atom stereocenters. The van der Waals surface area contributed by atoms with E-state index in [4.69, 9.17) is 34.7 Å². The molecule has 1 aromatic carbocycles. The zero-order chi connectivity index (χ0) is 22.0. The molecule has 2 saturated heterocycles. The average molecular weight is 463 g/mol. The molecular weight excluding hydrogens is 431 g/mol. The van der Waals surface area contributed by atoms with E-state index in [1.807, 2.05) is 18.2 Å². The topological polar surface area (TPSA) is 74.7 Å². The lowest BCUT2D eigenvalue weighted by Crippen LogP contribution is -2.58. The monoisotopic (exact) mass is 462 g/mol. The summed E-state index contributed by atoms with van der Waals surface area (Å²) in [6.45, 7) is 8.28. The summed E-state index contributed by atoms with van der Waals surface area (Å²) in [5.41, 5.74) is 14.5. The van der Waals surface area contributed by atoms with Crippen LogP contribution < -0.4 is 16.4 Å². The lowest BCUT2D eigenvalue weighted by molar-refractivity contribution is 0.0611. The Bertz CT molecular complexity index is 900. The Hall–Kier alpha value is -1.73. The molecular formula is C23H32Cl2N6. The van der Waals surface area contributed by atoms with Gasteiger partial charge in [-0.05, 0) is 56.1 Å². The third-order valence-electron chi connectivity index (χ3n) is 6.67. The molecule has 31 heavy (non-hydrogen) atoms. The maximum absolute atomic E-state index is 6.42. The van der Waals surface area contributed by atoms with E-state index >= 15 is 0 Å². The van der Waals surface area contributed by atoms with Gasteiger partial charge >= 0.3 is 0 Å². The second-order valence-corrected chi connectivity index (χ2v) is 9.51. The van der Waals surface area contributed by atoms with Gasteiger partial charge in [0.1, 0.15) is 5.82 Å². The number of rotatable bonds is 5. The van der Waals surface area contributed by atoms with E-state index in [0.29, 0.717) is 27.8 Å². The molecule has 2 aliphatic rings. The Balaban J connectivity index is 1.34. The van der Waals surface area contributed by atoms with Crippen LogP contribution in [0.4, 0.5) is 17.2 Å². The lowest BCUT2D eigenvalue weighted by atomic mass is 9.97. The Kier molecular flexibility index (Phi) is 7.12. The predicted octanol–water partition coefficient (Wildman–Crippen LogP) is 4.12. The van der Waals surface area contributed by atoms with Gasteiger partial charge in [0.05, 0.1) is 16.9 Å². The number of likely N-dealkylation sites (tertiary alicyclic amines) is 1. The highest BCUT2D eigenvalue weighted by Crippen LogP contribution is 2.30. The first-order valence-corrected chi connectivity index (χ1v) is 11.9. The fourth-order valence-electron chi connectivity index (χ4n) is 4.94. The van der Waals surface area contributed by atoms with E-state index in [0.717, 1.165) is 62.8 Å². The van der Waals surface area contributed by atoms with Crippen LogP contribution in [0.25, 0.3) is 0 Å². The summed E-state index contributed by atoms with van der Waals surface area (Å²) in [7, 11) is 0. The summed E-state index contributed by atoms with van der Waals surface area (Å²) in [6.07, 6.45) is 5.18. The van der Waals surface area contributed by atoms with E-state index in [1.54, 1.807) is 12.3 Å². The molecule has 0 saturated carbocycles. The van der Waals surface area contributed by atoms with Crippen LogP contribution in [0, 0.1) is 0 Å². The molecule has 1 atom stereocenters. The van der Waals surface area contributed by atoms with E-state index < -0.39 is 0 Å². The van der Waals surface area contributed by atoms with Gasteiger partial charge in [0.15, 0.2) is 0 Å². The smallest absolute Gasteiger partial charge is 0.147 e. The minimum atomic E-state index is 0.507. The minimum absolute atomic E-state index is 0.507. The number of pyridine rings is 1. The van der Waals surface area contributed by atoms with E-state index in [9.17, 15) is 0 Å². The minimum Gasteiger partial charge on any atom is -0.398 e. The van der Waals surface area contributed by atoms with E-state index in [2.05, 4.69) is 26.6 Å². The number of halogens is 2. The number of piperidine rings is 1. The van der Waals surface area contributed by atoms with Crippen LogP contribution in [0.15, 0.2) is 30.5 Å². The van der Waals surface area contributed by atoms with Gasteiger partial charge in [0, 0.05) is 49.0 Å². The highest BCUT2D eigenvalue weighted by molar-refractivity contribution is 6.33. The summed E-state index contributed by atoms with van der Waals surface area (Å²) < 4.78 is 0. The molecule has 3 heterocycles. The molecule has 6 nitrogen and oxygen atoms in total. The van der Waals surface area contributed by atoms with E-state index in [-0.39, 0.29) is 0 Å². The van der Waals surface area contributed by atoms with Gasteiger partial charge in [-0.2, -0.15) is 0 Å². The molecule has 0 aliphatic carbocycles. The molecule has 2 aromatic rings. The summed E-state index contributed by atoms with van der Waals surface area (Å²) in [5, 5.41) is 1.33. The SMILES string of the molecule is CCC1CN(c2ncc(N)cc2Cl)CCN1C1CCN(Cc2ccc(Cl)cc2N)CC1. The van der Waals surface area contributed by atoms with Crippen LogP contribution in [0.5, 0.6) is 0 Å². The average Bonchev–Trinajstić information content (AvgIpc) is 2.76. The number of hydrogen-bond donors (Lipinski definition) is 2. The first-order valence-electron chi connectivity index (χ1n) is 11.1. The van der Waals surface area contributed by atoms with Gasteiger partial charge in [0.25, 0.3) is 0 Å². The second-order valence-electron chi connectivity index (χ2n) is 8.67. The predicted molar refractivity (Wildman–Crippen MR) is 131 cm³/mol. The fraction of sp³-hybridized carbons (Fsp3) is 0.522. The largest absolute Gasteiger partial charge is 0.398 e. The maximum Gasteiger partial charge on any atom is 0.147 e. The quantitative estimate of drug-likeness (QED) is 0.650. The van der Waals surface area contributed by atoms with Crippen LogP contribution in [0.1, 0.15) is 31.7 Å². The van der Waals surface area contributed by atoms with Crippen molar-refractivity contribution in [2.24, 2.45) is 0 Å². The summed E-state index contributed by atoms with van der Waals surface area (Å²) in [5.74, 6) is 0.851. The van der Waals surface area contributed by atoms with E-state index in [1.165, 1.54) is 12.8 Å². The highest BCUT2D eigenvalue weighted by Gasteiger charge is 2.33. The highest BCUT2D eigenvalue weighted by atomic mass is 35.5. The van der Waals surface area contributed by atoms with Gasteiger partial charge in [-0.1, -0.05) is 36.2 Å². The maximum atomic E-state index is 6.42. The molecule has 2 fully saturated rings. The normalized spacial score (nSPS) is 21.5. The van der Waals surface area contributed by atoms with Crippen molar-refractivity contribution in [3.63, 3.8) is 0 Å². The molecule has 168 valence electrons.